The normalized spacial score (nSPS) is 17.6. The van der Waals surface area contributed by atoms with Crippen LogP contribution in [0.3, 0.4) is 0 Å². The van der Waals surface area contributed by atoms with Gasteiger partial charge in [-0.1, -0.05) is 30.7 Å². The van der Waals surface area contributed by atoms with E-state index in [1.807, 2.05) is 13.8 Å². The van der Waals surface area contributed by atoms with Crippen molar-refractivity contribution in [2.45, 2.75) is 31.6 Å². The van der Waals surface area contributed by atoms with E-state index in [0.717, 1.165) is 5.56 Å². The highest BCUT2D eigenvalue weighted by atomic mass is 32.2. The molecule has 1 aromatic rings. The molecule has 0 bridgehead atoms. The number of carbonyl (C=O) groups excluding carboxylic acids is 1. The van der Waals surface area contributed by atoms with Crippen molar-refractivity contribution in [1.29, 1.82) is 0 Å². The van der Waals surface area contributed by atoms with E-state index in [1.165, 1.54) is 4.31 Å². The summed E-state index contributed by atoms with van der Waals surface area (Å²) >= 11 is 0. The molecule has 0 heterocycles. The van der Waals surface area contributed by atoms with Crippen molar-refractivity contribution in [3.63, 3.8) is 0 Å². The summed E-state index contributed by atoms with van der Waals surface area (Å²) < 4.78 is 26.9. The molecule has 1 aromatic carbocycles. The van der Waals surface area contributed by atoms with Crippen molar-refractivity contribution < 1.29 is 13.2 Å². The van der Waals surface area contributed by atoms with Gasteiger partial charge < -0.3 is 0 Å². The molecule has 114 valence electrons. The molecule has 21 heavy (non-hydrogen) atoms. The Morgan fingerprint density at radius 1 is 1.29 bits per heavy atom. The van der Waals surface area contributed by atoms with Gasteiger partial charge in [0, 0.05) is 25.9 Å². The van der Waals surface area contributed by atoms with Gasteiger partial charge in [-0.2, -0.15) is 4.31 Å². The van der Waals surface area contributed by atoms with Crippen molar-refractivity contribution in [1.82, 2.24) is 4.31 Å². The molecule has 5 heteroatoms. The number of ketones is 1. The van der Waals surface area contributed by atoms with Crippen LogP contribution in [0.15, 0.2) is 41.8 Å². The lowest BCUT2D eigenvalue weighted by Crippen LogP contribution is -2.46. The lowest BCUT2D eigenvalue weighted by Gasteiger charge is -2.40. The predicted octanol–water partition coefficient (Wildman–Crippen LogP) is 2.54. The lowest BCUT2D eigenvalue weighted by molar-refractivity contribution is -0.132. The lowest BCUT2D eigenvalue weighted by atomic mass is 9.69. The fourth-order valence-electron chi connectivity index (χ4n) is 2.69. The molecule has 1 fully saturated rings. The van der Waals surface area contributed by atoms with Crippen molar-refractivity contribution in [3.8, 4) is 0 Å². The summed E-state index contributed by atoms with van der Waals surface area (Å²) in [6.45, 7) is 8.10. The minimum Gasteiger partial charge on any atom is -0.300 e. The molecule has 2 rings (SSSR count). The Morgan fingerprint density at radius 2 is 1.86 bits per heavy atom. The van der Waals surface area contributed by atoms with E-state index in [1.54, 1.807) is 30.3 Å². The SMILES string of the molecule is C=CCN(CC1(C)CC(=O)C1)S(=O)(=O)c1ccc(C)cc1. The van der Waals surface area contributed by atoms with Crippen LogP contribution in [0.25, 0.3) is 0 Å². The zero-order chi connectivity index (χ0) is 15.7. The molecular formula is C16H21NO3S. The van der Waals surface area contributed by atoms with Gasteiger partial charge in [-0.25, -0.2) is 8.42 Å². The molecule has 4 nitrogen and oxygen atoms in total. The number of carbonyl (C=O) groups is 1. The number of aryl methyl sites for hydroxylation is 1. The van der Waals surface area contributed by atoms with Gasteiger partial charge in [-0.3, -0.25) is 4.79 Å². The molecule has 1 aliphatic carbocycles. The summed E-state index contributed by atoms with van der Waals surface area (Å²) in [6, 6.07) is 6.81. The van der Waals surface area contributed by atoms with Gasteiger partial charge in [0.2, 0.25) is 10.0 Å². The Labute approximate surface area is 126 Å². The third-order valence-corrected chi connectivity index (χ3v) is 5.62. The summed E-state index contributed by atoms with van der Waals surface area (Å²) in [5, 5.41) is 0. The summed E-state index contributed by atoms with van der Waals surface area (Å²) in [7, 11) is -3.56. The maximum Gasteiger partial charge on any atom is 0.243 e. The van der Waals surface area contributed by atoms with E-state index < -0.39 is 10.0 Å². The third kappa shape index (κ3) is 3.41. The van der Waals surface area contributed by atoms with Crippen LogP contribution in [-0.2, 0) is 14.8 Å². The molecule has 1 aliphatic rings. The molecule has 0 N–H and O–H groups in total. The number of hydrogen-bond donors (Lipinski definition) is 0. The minimum absolute atomic E-state index is 0.198. The summed E-state index contributed by atoms with van der Waals surface area (Å²) in [6.07, 6.45) is 2.48. The van der Waals surface area contributed by atoms with Gasteiger partial charge in [-0.05, 0) is 24.5 Å². The average Bonchev–Trinajstić information content (AvgIpc) is 2.37. The zero-order valence-corrected chi connectivity index (χ0v) is 13.3. The van der Waals surface area contributed by atoms with Crippen LogP contribution in [0, 0.1) is 12.3 Å². The van der Waals surface area contributed by atoms with E-state index in [9.17, 15) is 13.2 Å². The Morgan fingerprint density at radius 3 is 2.33 bits per heavy atom. The van der Waals surface area contributed by atoms with E-state index in [4.69, 9.17) is 0 Å². The summed E-state index contributed by atoms with van der Waals surface area (Å²) in [4.78, 5) is 11.5. The molecule has 0 aromatic heterocycles. The topological polar surface area (TPSA) is 54.5 Å². The van der Waals surface area contributed by atoms with Crippen molar-refractivity contribution >= 4 is 15.8 Å². The van der Waals surface area contributed by atoms with Gasteiger partial charge in [-0.15, -0.1) is 6.58 Å². The summed E-state index contributed by atoms with van der Waals surface area (Å²) in [5.41, 5.74) is 0.762. The Hall–Kier alpha value is -1.46. The maximum atomic E-state index is 12.7. The summed E-state index contributed by atoms with van der Waals surface area (Å²) in [5.74, 6) is 0.198. The molecule has 0 aliphatic heterocycles. The first kappa shape index (κ1) is 15.9. The number of nitrogens with zero attached hydrogens (tertiary/aromatic N) is 1. The van der Waals surface area contributed by atoms with Gasteiger partial charge in [0.1, 0.15) is 5.78 Å². The second-order valence-corrected chi connectivity index (χ2v) is 8.04. The van der Waals surface area contributed by atoms with Gasteiger partial charge >= 0.3 is 0 Å². The van der Waals surface area contributed by atoms with E-state index in [-0.39, 0.29) is 22.6 Å². The van der Waals surface area contributed by atoms with Gasteiger partial charge in [0.05, 0.1) is 4.90 Å². The van der Waals surface area contributed by atoms with Crippen molar-refractivity contribution in [2.75, 3.05) is 13.1 Å². The van der Waals surface area contributed by atoms with Crippen LogP contribution in [0.1, 0.15) is 25.3 Å². The maximum absolute atomic E-state index is 12.7. The van der Waals surface area contributed by atoms with Crippen LogP contribution in [-0.4, -0.2) is 31.6 Å². The van der Waals surface area contributed by atoms with Crippen LogP contribution in [0.4, 0.5) is 0 Å². The molecule has 0 saturated heterocycles. The number of sulfonamides is 1. The average molecular weight is 307 g/mol. The molecule has 0 spiro atoms. The first-order chi connectivity index (χ1) is 9.77. The van der Waals surface area contributed by atoms with Crippen LogP contribution >= 0.6 is 0 Å². The Kier molecular flexibility index (Phi) is 4.35. The number of hydrogen-bond acceptors (Lipinski definition) is 3. The fourth-order valence-corrected chi connectivity index (χ4v) is 4.25. The van der Waals surface area contributed by atoms with Crippen molar-refractivity contribution in [3.05, 3.63) is 42.5 Å². The first-order valence-corrected chi connectivity index (χ1v) is 8.40. The smallest absolute Gasteiger partial charge is 0.243 e. The molecular weight excluding hydrogens is 286 g/mol. The monoisotopic (exact) mass is 307 g/mol. The zero-order valence-electron chi connectivity index (χ0n) is 12.5. The van der Waals surface area contributed by atoms with E-state index >= 15 is 0 Å². The van der Waals surface area contributed by atoms with Gasteiger partial charge in [0.25, 0.3) is 0 Å². The van der Waals surface area contributed by atoms with Crippen LogP contribution in [0.5, 0.6) is 0 Å². The minimum atomic E-state index is -3.56. The second-order valence-electron chi connectivity index (χ2n) is 6.10. The number of rotatable bonds is 6. The van der Waals surface area contributed by atoms with Crippen LogP contribution < -0.4 is 0 Å². The third-order valence-electron chi connectivity index (χ3n) is 3.80. The molecule has 0 radical (unpaired) electrons. The van der Waals surface area contributed by atoms with E-state index in [2.05, 4.69) is 6.58 Å². The van der Waals surface area contributed by atoms with E-state index in [0.29, 0.717) is 19.4 Å². The largest absolute Gasteiger partial charge is 0.300 e. The van der Waals surface area contributed by atoms with Gasteiger partial charge in [0.15, 0.2) is 0 Å². The Balaban J connectivity index is 2.26. The molecule has 1 saturated carbocycles. The number of Topliss-reactive ketones (excluding diaryl/α,β-unsaturated/α-hetero) is 1. The highest BCUT2D eigenvalue weighted by molar-refractivity contribution is 7.89. The quantitative estimate of drug-likeness (QED) is 0.759. The molecule has 0 amide bonds. The molecule has 0 unspecified atom stereocenters. The standard InChI is InChI=1S/C16H21NO3S/c1-4-9-17(12-16(3)10-14(18)11-16)21(19,20)15-7-5-13(2)6-8-15/h4-8H,1,9-12H2,2-3H3. The highest BCUT2D eigenvalue weighted by Gasteiger charge is 2.42. The van der Waals surface area contributed by atoms with Crippen molar-refractivity contribution in [2.24, 2.45) is 5.41 Å². The second kappa shape index (κ2) is 5.73. The number of benzene rings is 1. The first-order valence-electron chi connectivity index (χ1n) is 6.96. The molecule has 0 atom stereocenters. The van der Waals surface area contributed by atoms with Crippen LogP contribution in [0.2, 0.25) is 0 Å². The predicted molar refractivity (Wildman–Crippen MR) is 82.5 cm³/mol. The Bertz CT molecular complexity index is 639. The fraction of sp³-hybridized carbons (Fsp3) is 0.438. The highest BCUT2D eigenvalue weighted by Crippen LogP contribution is 2.39.